The molecule has 0 unspecified atom stereocenters. The second-order valence-electron chi connectivity index (χ2n) is 10.6. The van der Waals surface area contributed by atoms with E-state index in [2.05, 4.69) is 38.5 Å². The van der Waals surface area contributed by atoms with E-state index in [-0.39, 0.29) is 17.4 Å². The lowest BCUT2D eigenvalue weighted by molar-refractivity contribution is 0.0927. The highest BCUT2D eigenvalue weighted by Crippen LogP contribution is 2.36. The molecule has 4 aromatic rings. The highest BCUT2D eigenvalue weighted by atomic mass is 35.5. The van der Waals surface area contributed by atoms with Crippen LogP contribution in [0.5, 0.6) is 0 Å². The van der Waals surface area contributed by atoms with Crippen LogP contribution in [-0.2, 0) is 11.3 Å². The van der Waals surface area contributed by atoms with E-state index in [0.717, 1.165) is 36.8 Å². The molecule has 0 amide bonds. The second-order valence-corrected chi connectivity index (χ2v) is 11.0. The van der Waals surface area contributed by atoms with E-state index in [1.54, 1.807) is 6.07 Å². The Morgan fingerprint density at radius 2 is 1.87 bits per heavy atom. The van der Waals surface area contributed by atoms with Crippen LogP contribution < -0.4 is 10.5 Å². The van der Waals surface area contributed by atoms with Gasteiger partial charge in [-0.1, -0.05) is 61.7 Å². The quantitative estimate of drug-likeness (QED) is 0.352. The first-order valence-corrected chi connectivity index (χ1v) is 13.9. The first-order chi connectivity index (χ1) is 19.0. The molecule has 2 fully saturated rings. The molecule has 1 aliphatic heterocycles. The minimum Gasteiger partial charge on any atom is -0.377 e. The summed E-state index contributed by atoms with van der Waals surface area (Å²) < 4.78 is 9.48. The van der Waals surface area contributed by atoms with Crippen molar-refractivity contribution in [2.24, 2.45) is 11.8 Å². The van der Waals surface area contributed by atoms with Gasteiger partial charge in [-0.15, -0.1) is 0 Å². The summed E-state index contributed by atoms with van der Waals surface area (Å²) in [5, 5.41) is 10.1. The van der Waals surface area contributed by atoms with Crippen LogP contribution >= 0.6 is 11.6 Å². The highest BCUT2D eigenvalue weighted by Gasteiger charge is 2.32. The Morgan fingerprint density at radius 1 is 1.08 bits per heavy atom. The standard InChI is InChI=1S/C29H30ClN7O2/c1-19-7-9-20(10-8-19)16-37-26-27(32-24(15-31)33-28(26)36-17-22(30)11-12-25(36)38)34-29(37)35-13-14-39-18-23(35)21-5-3-2-4-6-21/h2-6,11-12,17,19-20,23H,7-10,13-14,16,18H2,1H3/t19?,20?,23-/m0/s1. The number of imidazole rings is 1. The molecule has 6 rings (SSSR count). The van der Waals surface area contributed by atoms with Crippen LogP contribution in [0.2, 0.25) is 5.02 Å². The van der Waals surface area contributed by atoms with Crippen LogP contribution in [-0.4, -0.2) is 43.8 Å². The number of hydrogen-bond donors (Lipinski definition) is 0. The fourth-order valence-corrected chi connectivity index (χ4v) is 5.97. The molecule has 3 aromatic heterocycles. The van der Waals surface area contributed by atoms with Gasteiger partial charge in [-0.2, -0.15) is 20.2 Å². The van der Waals surface area contributed by atoms with Crippen molar-refractivity contribution < 1.29 is 4.74 Å². The Kier molecular flexibility index (Phi) is 7.07. The normalized spacial score (nSPS) is 21.7. The van der Waals surface area contributed by atoms with E-state index in [9.17, 15) is 10.1 Å². The Balaban J connectivity index is 1.57. The third-order valence-electron chi connectivity index (χ3n) is 7.91. The van der Waals surface area contributed by atoms with Crippen molar-refractivity contribution in [1.82, 2.24) is 24.1 Å². The Labute approximate surface area is 231 Å². The second kappa shape index (κ2) is 10.8. The van der Waals surface area contributed by atoms with Crippen molar-refractivity contribution in [3.63, 3.8) is 0 Å². The lowest BCUT2D eigenvalue weighted by Crippen LogP contribution is -2.41. The van der Waals surface area contributed by atoms with E-state index in [0.29, 0.717) is 47.7 Å². The van der Waals surface area contributed by atoms with E-state index in [4.69, 9.17) is 21.3 Å². The maximum atomic E-state index is 13.0. The third-order valence-corrected chi connectivity index (χ3v) is 8.14. The molecular formula is C29H30ClN7O2. The predicted octanol–water partition coefficient (Wildman–Crippen LogP) is 4.91. The number of aromatic nitrogens is 5. The number of hydrogen-bond acceptors (Lipinski definition) is 7. The third kappa shape index (κ3) is 5.02. The SMILES string of the molecule is CC1CCC(Cn2c(N3CCOC[C@H]3c3ccccc3)nc3nc(C#N)nc(-n4cc(Cl)ccc4=O)c32)CC1. The lowest BCUT2D eigenvalue weighted by Gasteiger charge is -2.37. The van der Waals surface area contributed by atoms with Crippen LogP contribution in [0, 0.1) is 23.2 Å². The van der Waals surface area contributed by atoms with Crippen molar-refractivity contribution in [3.8, 4) is 11.9 Å². The predicted molar refractivity (Wildman–Crippen MR) is 149 cm³/mol. The molecule has 1 saturated heterocycles. The first-order valence-electron chi connectivity index (χ1n) is 13.5. The summed E-state index contributed by atoms with van der Waals surface area (Å²) in [5.74, 6) is 2.20. The number of anilines is 1. The van der Waals surface area contributed by atoms with Crippen LogP contribution in [0.15, 0.2) is 53.5 Å². The zero-order valence-electron chi connectivity index (χ0n) is 21.8. The number of halogens is 1. The van der Waals surface area contributed by atoms with Gasteiger partial charge < -0.3 is 14.2 Å². The molecule has 0 bridgehead atoms. The lowest BCUT2D eigenvalue weighted by atomic mass is 9.83. The fraction of sp³-hybridized carbons (Fsp3) is 0.414. The van der Waals surface area contributed by atoms with Crippen molar-refractivity contribution in [2.45, 2.75) is 45.2 Å². The first kappa shape index (κ1) is 25.5. The average molecular weight is 544 g/mol. The molecule has 2 aliphatic rings. The molecule has 39 heavy (non-hydrogen) atoms. The van der Waals surface area contributed by atoms with E-state index < -0.39 is 0 Å². The minimum absolute atomic E-state index is 0.0392. The number of ether oxygens (including phenoxy) is 1. The van der Waals surface area contributed by atoms with E-state index in [1.165, 1.54) is 29.7 Å². The number of pyridine rings is 1. The Hall–Kier alpha value is -3.74. The van der Waals surface area contributed by atoms with E-state index >= 15 is 0 Å². The summed E-state index contributed by atoms with van der Waals surface area (Å²) in [6.07, 6.45) is 6.15. The molecular weight excluding hydrogens is 514 g/mol. The molecule has 9 nitrogen and oxygen atoms in total. The van der Waals surface area contributed by atoms with Gasteiger partial charge in [-0.05, 0) is 36.3 Å². The van der Waals surface area contributed by atoms with Gasteiger partial charge in [0.1, 0.15) is 11.6 Å². The van der Waals surface area contributed by atoms with Crippen LogP contribution in [0.25, 0.3) is 17.0 Å². The van der Waals surface area contributed by atoms with Crippen molar-refractivity contribution in [2.75, 3.05) is 24.7 Å². The van der Waals surface area contributed by atoms with Gasteiger partial charge >= 0.3 is 0 Å². The van der Waals surface area contributed by atoms with Crippen LogP contribution in [0.3, 0.4) is 0 Å². The van der Waals surface area contributed by atoms with Gasteiger partial charge in [0, 0.05) is 25.4 Å². The maximum absolute atomic E-state index is 13.0. The van der Waals surface area contributed by atoms with Gasteiger partial charge in [0.05, 0.1) is 24.3 Å². The molecule has 10 heteroatoms. The number of fused-ring (bicyclic) bond motifs is 1. The summed E-state index contributed by atoms with van der Waals surface area (Å²) in [7, 11) is 0. The Bertz CT molecular complexity index is 1590. The molecule has 0 spiro atoms. The topological polar surface area (TPSA) is 102 Å². The molecule has 0 radical (unpaired) electrons. The smallest absolute Gasteiger partial charge is 0.256 e. The van der Waals surface area contributed by atoms with Crippen molar-refractivity contribution in [1.29, 1.82) is 5.26 Å². The summed E-state index contributed by atoms with van der Waals surface area (Å²) in [5.41, 5.74) is 1.86. The van der Waals surface area contributed by atoms with Crippen molar-refractivity contribution in [3.05, 3.63) is 75.4 Å². The summed E-state index contributed by atoms with van der Waals surface area (Å²) in [6, 6.07) is 15.2. The summed E-state index contributed by atoms with van der Waals surface area (Å²) >= 11 is 6.30. The fourth-order valence-electron chi connectivity index (χ4n) is 5.81. The zero-order valence-corrected chi connectivity index (χ0v) is 22.6. The van der Waals surface area contributed by atoms with Crippen molar-refractivity contribution >= 4 is 28.7 Å². The number of nitrogens with zero attached hydrogens (tertiary/aromatic N) is 7. The summed E-state index contributed by atoms with van der Waals surface area (Å²) in [4.78, 5) is 29.3. The summed E-state index contributed by atoms with van der Waals surface area (Å²) in [6.45, 7) is 4.78. The van der Waals surface area contributed by atoms with Gasteiger partial charge in [0.2, 0.25) is 11.8 Å². The van der Waals surface area contributed by atoms with Gasteiger partial charge in [0.15, 0.2) is 11.5 Å². The van der Waals surface area contributed by atoms with Gasteiger partial charge in [-0.3, -0.25) is 9.36 Å². The number of morpholine rings is 1. The zero-order chi connectivity index (χ0) is 26.9. The average Bonchev–Trinajstić information content (AvgIpc) is 3.33. The number of rotatable bonds is 5. The minimum atomic E-state index is -0.294. The molecule has 200 valence electrons. The molecule has 0 N–H and O–H groups in total. The van der Waals surface area contributed by atoms with Gasteiger partial charge in [0.25, 0.3) is 5.56 Å². The highest BCUT2D eigenvalue weighted by molar-refractivity contribution is 6.30. The Morgan fingerprint density at radius 3 is 2.64 bits per heavy atom. The van der Waals surface area contributed by atoms with E-state index in [1.807, 2.05) is 24.3 Å². The van der Waals surface area contributed by atoms with Crippen LogP contribution in [0.4, 0.5) is 5.95 Å². The largest absolute Gasteiger partial charge is 0.377 e. The molecule has 4 heterocycles. The monoisotopic (exact) mass is 543 g/mol. The van der Waals surface area contributed by atoms with Gasteiger partial charge in [-0.25, -0.2) is 0 Å². The number of nitriles is 1. The maximum Gasteiger partial charge on any atom is 0.256 e. The molecule has 1 aliphatic carbocycles. The number of benzene rings is 1. The molecule has 1 atom stereocenters. The molecule has 1 saturated carbocycles. The molecule has 1 aromatic carbocycles. The van der Waals surface area contributed by atoms with Crippen LogP contribution in [0.1, 0.15) is 50.0 Å².